The number of nitrogens with zero attached hydrogens (tertiary/aromatic N) is 2. The molecule has 1 aromatic rings. The number of halogens is 1. The Kier molecular flexibility index (Phi) is 6.29. The Bertz CT molecular complexity index is 770. The fourth-order valence-electron chi connectivity index (χ4n) is 2.52. The lowest BCUT2D eigenvalue weighted by atomic mass is 10.2. The zero-order valence-electron chi connectivity index (χ0n) is 13.9. The minimum absolute atomic E-state index is 0.224. The summed E-state index contributed by atoms with van der Waals surface area (Å²) >= 11 is 4.22. The predicted molar refractivity (Wildman–Crippen MR) is 103 cm³/mol. The molecule has 2 heterocycles. The van der Waals surface area contributed by atoms with Crippen molar-refractivity contribution in [3.8, 4) is 0 Å². The van der Waals surface area contributed by atoms with Gasteiger partial charge >= 0.3 is 0 Å². The Morgan fingerprint density at radius 2 is 1.88 bits per heavy atom. The summed E-state index contributed by atoms with van der Waals surface area (Å²) in [7, 11) is 0. The van der Waals surface area contributed by atoms with E-state index in [4.69, 9.17) is 4.74 Å². The topological polar surface area (TPSA) is 66.9 Å². The van der Waals surface area contributed by atoms with Gasteiger partial charge in [0.1, 0.15) is 6.54 Å². The van der Waals surface area contributed by atoms with Crippen LogP contribution in [-0.2, 0) is 14.3 Å². The molecule has 3 amide bonds. The van der Waals surface area contributed by atoms with Gasteiger partial charge in [0, 0.05) is 17.6 Å². The van der Waals surface area contributed by atoms with Gasteiger partial charge in [-0.15, -0.1) is 0 Å². The third-order valence-electron chi connectivity index (χ3n) is 3.94. The van der Waals surface area contributed by atoms with Crippen molar-refractivity contribution in [3.05, 3.63) is 51.4 Å². The maximum Gasteiger partial charge on any atom is 0.294 e. The van der Waals surface area contributed by atoms with Crippen molar-refractivity contribution >= 4 is 50.8 Å². The van der Waals surface area contributed by atoms with E-state index in [2.05, 4.69) is 15.9 Å². The molecule has 2 fully saturated rings. The van der Waals surface area contributed by atoms with Crippen molar-refractivity contribution < 1.29 is 19.1 Å². The van der Waals surface area contributed by atoms with Gasteiger partial charge < -0.3 is 9.64 Å². The molecule has 2 saturated heterocycles. The average molecular weight is 437 g/mol. The molecule has 0 atom stereocenters. The van der Waals surface area contributed by atoms with E-state index in [0.29, 0.717) is 31.2 Å². The normalized spacial score (nSPS) is 19.8. The Labute approximate surface area is 164 Å². The second kappa shape index (κ2) is 8.66. The lowest BCUT2D eigenvalue weighted by Gasteiger charge is -2.27. The Hall–Kier alpha value is -1.90. The molecule has 0 saturated carbocycles. The number of hydrogen-bond acceptors (Lipinski definition) is 5. The first-order valence-electron chi connectivity index (χ1n) is 8.08. The van der Waals surface area contributed by atoms with Gasteiger partial charge in [-0.05, 0) is 35.5 Å². The van der Waals surface area contributed by atoms with E-state index in [0.717, 1.165) is 26.7 Å². The van der Waals surface area contributed by atoms with Crippen LogP contribution < -0.4 is 0 Å². The van der Waals surface area contributed by atoms with Gasteiger partial charge in [-0.1, -0.05) is 40.2 Å². The summed E-state index contributed by atoms with van der Waals surface area (Å²) in [6.45, 7) is 1.71. The van der Waals surface area contributed by atoms with Crippen LogP contribution in [0.5, 0.6) is 0 Å². The molecule has 8 heteroatoms. The zero-order chi connectivity index (χ0) is 18.5. The van der Waals surface area contributed by atoms with Crippen molar-refractivity contribution in [2.45, 2.75) is 0 Å². The van der Waals surface area contributed by atoms with E-state index in [1.165, 1.54) is 0 Å². The summed E-state index contributed by atoms with van der Waals surface area (Å²) in [6, 6.07) is 7.71. The van der Waals surface area contributed by atoms with Crippen LogP contribution in [0, 0.1) is 0 Å². The Morgan fingerprint density at radius 3 is 2.58 bits per heavy atom. The van der Waals surface area contributed by atoms with Crippen LogP contribution in [0.3, 0.4) is 0 Å². The summed E-state index contributed by atoms with van der Waals surface area (Å²) in [6.07, 6.45) is 5.18. The van der Waals surface area contributed by atoms with Crippen molar-refractivity contribution in [1.29, 1.82) is 0 Å². The minimum atomic E-state index is -0.429. The van der Waals surface area contributed by atoms with Gasteiger partial charge in [-0.3, -0.25) is 19.3 Å². The monoisotopic (exact) mass is 436 g/mol. The molecule has 0 aliphatic carbocycles. The number of carbonyl (C=O) groups is 3. The van der Waals surface area contributed by atoms with E-state index in [1.54, 1.807) is 17.1 Å². The number of imide groups is 1. The number of allylic oxidation sites excluding steroid dienone is 2. The summed E-state index contributed by atoms with van der Waals surface area (Å²) in [5.41, 5.74) is 0.978. The van der Waals surface area contributed by atoms with Crippen LogP contribution >= 0.6 is 27.7 Å². The van der Waals surface area contributed by atoms with Gasteiger partial charge in [-0.25, -0.2) is 0 Å². The van der Waals surface area contributed by atoms with E-state index < -0.39 is 11.1 Å². The quantitative estimate of drug-likeness (QED) is 0.678. The highest BCUT2D eigenvalue weighted by molar-refractivity contribution is 9.10. The SMILES string of the molecule is O=C(CN1C(=O)S/C(=C\C=C\c2ccc(Br)cc2)C1=O)N1CCOCC1. The van der Waals surface area contributed by atoms with Crippen LogP contribution in [0.4, 0.5) is 4.79 Å². The number of hydrogen-bond donors (Lipinski definition) is 0. The van der Waals surface area contributed by atoms with Crippen molar-refractivity contribution in [3.63, 3.8) is 0 Å². The van der Waals surface area contributed by atoms with E-state index in [9.17, 15) is 14.4 Å². The number of carbonyl (C=O) groups excluding carboxylic acids is 3. The summed E-state index contributed by atoms with van der Waals surface area (Å²) < 4.78 is 6.19. The predicted octanol–water partition coefficient (Wildman–Crippen LogP) is 2.90. The van der Waals surface area contributed by atoms with Gasteiger partial charge in [0.2, 0.25) is 5.91 Å². The number of amides is 3. The minimum Gasteiger partial charge on any atom is -0.378 e. The fourth-order valence-corrected chi connectivity index (χ4v) is 3.57. The Morgan fingerprint density at radius 1 is 1.19 bits per heavy atom. The van der Waals surface area contributed by atoms with E-state index in [-0.39, 0.29) is 12.5 Å². The molecule has 26 heavy (non-hydrogen) atoms. The molecule has 0 radical (unpaired) electrons. The third-order valence-corrected chi connectivity index (χ3v) is 5.39. The second-order valence-corrected chi connectivity index (χ2v) is 7.60. The second-order valence-electron chi connectivity index (χ2n) is 5.69. The first-order valence-corrected chi connectivity index (χ1v) is 9.68. The average Bonchev–Trinajstić information content (AvgIpc) is 2.91. The van der Waals surface area contributed by atoms with Gasteiger partial charge in [0.15, 0.2) is 0 Å². The van der Waals surface area contributed by atoms with Gasteiger partial charge in [0.05, 0.1) is 18.1 Å². The molecule has 6 nitrogen and oxygen atoms in total. The highest BCUT2D eigenvalue weighted by Crippen LogP contribution is 2.30. The maximum absolute atomic E-state index is 12.4. The van der Waals surface area contributed by atoms with Gasteiger partial charge in [-0.2, -0.15) is 0 Å². The van der Waals surface area contributed by atoms with Crippen LogP contribution in [0.25, 0.3) is 6.08 Å². The zero-order valence-corrected chi connectivity index (χ0v) is 16.3. The number of rotatable bonds is 4. The maximum atomic E-state index is 12.4. The van der Waals surface area contributed by atoms with Crippen LogP contribution in [0.2, 0.25) is 0 Å². The number of thioether (sulfide) groups is 1. The standard InChI is InChI=1S/C18H17BrN2O4S/c19-14-6-4-13(5-7-14)2-1-3-15-17(23)21(18(24)26-15)12-16(22)20-8-10-25-11-9-20/h1-7H,8-12H2/b2-1+,15-3-. The first kappa shape index (κ1) is 18.9. The molecule has 1 aromatic carbocycles. The van der Waals surface area contributed by atoms with E-state index >= 15 is 0 Å². The van der Waals surface area contributed by atoms with Crippen LogP contribution in [0.15, 0.2) is 45.8 Å². The summed E-state index contributed by atoms with van der Waals surface area (Å²) in [5, 5.41) is -0.417. The Balaban J connectivity index is 1.62. The largest absolute Gasteiger partial charge is 0.378 e. The summed E-state index contributed by atoms with van der Waals surface area (Å²) in [4.78, 5) is 39.7. The number of benzene rings is 1. The highest BCUT2D eigenvalue weighted by atomic mass is 79.9. The molecule has 136 valence electrons. The first-order chi connectivity index (χ1) is 12.5. The van der Waals surface area contributed by atoms with Crippen LogP contribution in [-0.4, -0.2) is 59.7 Å². The lowest BCUT2D eigenvalue weighted by molar-refractivity contribution is -0.139. The highest BCUT2D eigenvalue weighted by Gasteiger charge is 2.36. The molecule has 0 N–H and O–H groups in total. The van der Waals surface area contributed by atoms with Crippen LogP contribution in [0.1, 0.15) is 5.56 Å². The third kappa shape index (κ3) is 4.63. The van der Waals surface area contributed by atoms with Crippen molar-refractivity contribution in [1.82, 2.24) is 9.80 Å². The van der Waals surface area contributed by atoms with Crippen molar-refractivity contribution in [2.75, 3.05) is 32.8 Å². The summed E-state index contributed by atoms with van der Waals surface area (Å²) in [5.74, 6) is -0.663. The molecule has 2 aliphatic rings. The smallest absolute Gasteiger partial charge is 0.294 e. The lowest BCUT2D eigenvalue weighted by Crippen LogP contribution is -2.46. The molecule has 3 rings (SSSR count). The molecular weight excluding hydrogens is 420 g/mol. The molecule has 0 aromatic heterocycles. The van der Waals surface area contributed by atoms with Crippen molar-refractivity contribution in [2.24, 2.45) is 0 Å². The van der Waals surface area contributed by atoms with Gasteiger partial charge in [0.25, 0.3) is 11.1 Å². The fraction of sp³-hybridized carbons (Fsp3) is 0.278. The molecule has 0 unspecified atom stereocenters. The molecule has 0 spiro atoms. The number of ether oxygens (including phenoxy) is 1. The molecular formula is C18H17BrN2O4S. The molecule has 0 bridgehead atoms. The van der Waals surface area contributed by atoms with E-state index in [1.807, 2.05) is 30.3 Å². The molecule has 2 aliphatic heterocycles. The number of morpholine rings is 1.